The first-order valence-corrected chi connectivity index (χ1v) is 10.3. The summed E-state index contributed by atoms with van der Waals surface area (Å²) in [5.74, 6) is -0.758. The Kier molecular flexibility index (Phi) is 5.73. The van der Waals surface area contributed by atoms with Crippen LogP contribution in [0.4, 0.5) is 17.6 Å². The Hall–Kier alpha value is -2.53. The molecule has 2 aromatic heterocycles. The quantitative estimate of drug-likeness (QED) is 0.512. The van der Waals surface area contributed by atoms with Crippen LogP contribution in [0, 0.1) is 12.7 Å². The van der Waals surface area contributed by atoms with Gasteiger partial charge in [-0.1, -0.05) is 18.2 Å². The lowest BCUT2D eigenvalue weighted by atomic mass is 10.2. The molecule has 164 valence electrons. The number of aryl methyl sites for hydroxylation is 1. The molecular weight excluding hydrogens is 482 g/mol. The number of alkyl halides is 3. The molecule has 1 aliphatic rings. The highest BCUT2D eigenvalue weighted by atomic mass is 79.9. The molecule has 3 aromatic rings. The van der Waals surface area contributed by atoms with Gasteiger partial charge in [0.25, 0.3) is 5.91 Å². The fraction of sp³-hybridized carbons (Fsp3) is 0.350. The molecule has 0 bridgehead atoms. The van der Waals surface area contributed by atoms with Crippen molar-refractivity contribution in [2.45, 2.75) is 19.6 Å². The number of nitrogens with zero attached hydrogens (tertiary/aromatic N) is 5. The van der Waals surface area contributed by atoms with E-state index < -0.39 is 17.8 Å². The van der Waals surface area contributed by atoms with Crippen LogP contribution in [0.1, 0.15) is 27.4 Å². The molecule has 0 aliphatic carbocycles. The van der Waals surface area contributed by atoms with Gasteiger partial charge in [-0.05, 0) is 35.0 Å². The minimum absolute atomic E-state index is 0.0612. The van der Waals surface area contributed by atoms with Crippen molar-refractivity contribution < 1.29 is 22.4 Å². The van der Waals surface area contributed by atoms with Crippen molar-refractivity contribution in [3.05, 3.63) is 63.3 Å². The molecule has 1 saturated heterocycles. The number of amides is 1. The summed E-state index contributed by atoms with van der Waals surface area (Å²) in [5.41, 5.74) is -0.433. The summed E-state index contributed by atoms with van der Waals surface area (Å²) in [6.07, 6.45) is -4.64. The van der Waals surface area contributed by atoms with Gasteiger partial charge in [-0.25, -0.2) is 13.9 Å². The van der Waals surface area contributed by atoms with Crippen molar-refractivity contribution >= 4 is 27.5 Å². The molecule has 1 aromatic carbocycles. The van der Waals surface area contributed by atoms with E-state index in [4.69, 9.17) is 0 Å². The van der Waals surface area contributed by atoms with Crippen LogP contribution in [-0.2, 0) is 12.7 Å². The summed E-state index contributed by atoms with van der Waals surface area (Å²) in [4.78, 5) is 20.6. The van der Waals surface area contributed by atoms with Gasteiger partial charge in [-0.2, -0.15) is 18.3 Å². The zero-order valence-electron chi connectivity index (χ0n) is 16.5. The lowest BCUT2D eigenvalue weighted by Crippen LogP contribution is -2.48. The first-order valence-electron chi connectivity index (χ1n) is 9.53. The van der Waals surface area contributed by atoms with E-state index in [-0.39, 0.29) is 27.3 Å². The number of hydrogen-bond acceptors (Lipinski definition) is 4. The number of piperazine rings is 1. The van der Waals surface area contributed by atoms with Gasteiger partial charge in [0, 0.05) is 44.0 Å². The summed E-state index contributed by atoms with van der Waals surface area (Å²) in [6, 6.07) is 7.41. The SMILES string of the molecule is Cc1cc(C(F)(F)F)n2nc(C(=O)N3CCN(Cc4ccccc4F)CC3)c(Br)c2n1. The van der Waals surface area contributed by atoms with E-state index in [1.54, 1.807) is 18.2 Å². The number of carbonyl (C=O) groups is 1. The van der Waals surface area contributed by atoms with Gasteiger partial charge < -0.3 is 4.90 Å². The molecule has 0 radical (unpaired) electrons. The summed E-state index contributed by atoms with van der Waals surface area (Å²) in [5, 5.41) is 3.93. The summed E-state index contributed by atoms with van der Waals surface area (Å²) in [7, 11) is 0. The highest BCUT2D eigenvalue weighted by Crippen LogP contribution is 2.32. The first kappa shape index (κ1) is 21.7. The maximum Gasteiger partial charge on any atom is 0.433 e. The Morgan fingerprint density at radius 3 is 2.48 bits per heavy atom. The molecule has 1 fully saturated rings. The number of hydrogen-bond donors (Lipinski definition) is 0. The summed E-state index contributed by atoms with van der Waals surface area (Å²) < 4.78 is 54.9. The Bertz CT molecular complexity index is 1140. The fourth-order valence-corrected chi connectivity index (χ4v) is 4.08. The van der Waals surface area contributed by atoms with Crippen LogP contribution in [0.5, 0.6) is 0 Å². The number of fused-ring (bicyclic) bond motifs is 1. The van der Waals surface area contributed by atoms with E-state index in [0.29, 0.717) is 42.8 Å². The highest BCUT2D eigenvalue weighted by molar-refractivity contribution is 9.10. The largest absolute Gasteiger partial charge is 0.433 e. The van der Waals surface area contributed by atoms with Crippen molar-refractivity contribution in [2.75, 3.05) is 26.2 Å². The van der Waals surface area contributed by atoms with Crippen LogP contribution >= 0.6 is 15.9 Å². The Balaban J connectivity index is 1.53. The van der Waals surface area contributed by atoms with Crippen LogP contribution in [0.2, 0.25) is 0 Å². The summed E-state index contributed by atoms with van der Waals surface area (Å²) >= 11 is 3.21. The monoisotopic (exact) mass is 499 g/mol. The molecule has 31 heavy (non-hydrogen) atoms. The summed E-state index contributed by atoms with van der Waals surface area (Å²) in [6.45, 7) is 3.60. The molecule has 4 rings (SSSR count). The standard InChI is InChI=1S/C20H18BrF4N5O/c1-12-10-15(20(23,24)25)30-18(26-12)16(21)17(27-30)19(31)29-8-6-28(7-9-29)11-13-4-2-3-5-14(13)22/h2-5,10H,6-9,11H2,1H3. The number of rotatable bonds is 3. The first-order chi connectivity index (χ1) is 14.6. The number of benzene rings is 1. The normalized spacial score (nSPS) is 15.6. The van der Waals surface area contributed by atoms with E-state index >= 15 is 0 Å². The van der Waals surface area contributed by atoms with Gasteiger partial charge in [0.15, 0.2) is 11.3 Å². The van der Waals surface area contributed by atoms with Crippen LogP contribution in [0.3, 0.4) is 0 Å². The van der Waals surface area contributed by atoms with E-state index in [0.717, 1.165) is 6.07 Å². The molecule has 1 aliphatic heterocycles. The van der Waals surface area contributed by atoms with Crippen molar-refractivity contribution in [1.82, 2.24) is 24.4 Å². The lowest BCUT2D eigenvalue weighted by molar-refractivity contribution is -0.142. The second-order valence-electron chi connectivity index (χ2n) is 7.34. The minimum Gasteiger partial charge on any atom is -0.335 e. The topological polar surface area (TPSA) is 53.7 Å². The number of halogens is 5. The second kappa shape index (κ2) is 8.19. The Morgan fingerprint density at radius 1 is 1.16 bits per heavy atom. The van der Waals surface area contributed by atoms with Crippen molar-refractivity contribution in [3.63, 3.8) is 0 Å². The molecule has 1 amide bonds. The van der Waals surface area contributed by atoms with Gasteiger partial charge in [-0.3, -0.25) is 9.69 Å². The van der Waals surface area contributed by atoms with Crippen molar-refractivity contribution in [1.29, 1.82) is 0 Å². The lowest BCUT2D eigenvalue weighted by Gasteiger charge is -2.34. The van der Waals surface area contributed by atoms with E-state index in [9.17, 15) is 22.4 Å². The third-order valence-electron chi connectivity index (χ3n) is 5.17. The average molecular weight is 500 g/mol. The van der Waals surface area contributed by atoms with Gasteiger partial charge in [0.1, 0.15) is 11.5 Å². The smallest absolute Gasteiger partial charge is 0.335 e. The second-order valence-corrected chi connectivity index (χ2v) is 8.13. The molecule has 0 unspecified atom stereocenters. The van der Waals surface area contributed by atoms with Gasteiger partial charge in [0.2, 0.25) is 0 Å². The number of carbonyl (C=O) groups excluding carboxylic acids is 1. The van der Waals surface area contributed by atoms with E-state index in [1.807, 2.05) is 4.90 Å². The van der Waals surface area contributed by atoms with Crippen LogP contribution in [-0.4, -0.2) is 56.5 Å². The van der Waals surface area contributed by atoms with Gasteiger partial charge >= 0.3 is 6.18 Å². The predicted molar refractivity (Wildman–Crippen MR) is 108 cm³/mol. The highest BCUT2D eigenvalue weighted by Gasteiger charge is 2.36. The Labute approximate surface area is 183 Å². The number of aromatic nitrogens is 3. The molecule has 3 heterocycles. The zero-order chi connectivity index (χ0) is 22.3. The molecule has 0 N–H and O–H groups in total. The predicted octanol–water partition coefficient (Wildman–Crippen LogP) is 3.92. The molecule has 11 heteroatoms. The van der Waals surface area contributed by atoms with Crippen LogP contribution < -0.4 is 0 Å². The van der Waals surface area contributed by atoms with E-state index in [1.165, 1.54) is 17.9 Å². The van der Waals surface area contributed by atoms with Crippen LogP contribution in [0.25, 0.3) is 5.65 Å². The minimum atomic E-state index is -4.64. The average Bonchev–Trinajstić information content (AvgIpc) is 3.05. The molecular formula is C20H18BrF4N5O. The molecule has 0 saturated carbocycles. The van der Waals surface area contributed by atoms with E-state index in [2.05, 4.69) is 26.0 Å². The van der Waals surface area contributed by atoms with Gasteiger partial charge in [-0.15, -0.1) is 0 Å². The Morgan fingerprint density at radius 2 is 1.84 bits per heavy atom. The molecule has 6 nitrogen and oxygen atoms in total. The molecule has 0 atom stereocenters. The molecule has 0 spiro atoms. The van der Waals surface area contributed by atoms with Gasteiger partial charge in [0.05, 0.1) is 4.47 Å². The third kappa shape index (κ3) is 4.29. The maximum absolute atomic E-state index is 13.9. The maximum atomic E-state index is 13.9. The van der Waals surface area contributed by atoms with Crippen molar-refractivity contribution in [2.24, 2.45) is 0 Å². The van der Waals surface area contributed by atoms with Crippen LogP contribution in [0.15, 0.2) is 34.8 Å². The zero-order valence-corrected chi connectivity index (χ0v) is 18.0. The third-order valence-corrected chi connectivity index (χ3v) is 5.90. The fourth-order valence-electron chi connectivity index (χ4n) is 3.58. The van der Waals surface area contributed by atoms with Crippen molar-refractivity contribution in [3.8, 4) is 0 Å².